The van der Waals surface area contributed by atoms with Crippen LogP contribution in [-0.4, -0.2) is 27.8 Å². The molecule has 1 fully saturated rings. The summed E-state index contributed by atoms with van der Waals surface area (Å²) >= 11 is 3.04. The third kappa shape index (κ3) is 3.49. The number of hydrogen-bond acceptors (Lipinski definition) is 5. The third-order valence-corrected chi connectivity index (χ3v) is 7.14. The van der Waals surface area contributed by atoms with Crippen LogP contribution < -0.4 is 10.9 Å². The number of fused-ring (bicyclic) bond motifs is 3. The Morgan fingerprint density at radius 1 is 1.36 bits per heavy atom. The van der Waals surface area contributed by atoms with E-state index in [2.05, 4.69) is 5.32 Å². The summed E-state index contributed by atoms with van der Waals surface area (Å²) in [6.07, 6.45) is 6.86. The Kier molecular flexibility index (Phi) is 4.86. The van der Waals surface area contributed by atoms with Crippen LogP contribution in [0.1, 0.15) is 43.0 Å². The van der Waals surface area contributed by atoms with Gasteiger partial charge < -0.3 is 5.32 Å². The first-order valence-electron chi connectivity index (χ1n) is 9.12. The highest BCUT2D eigenvalue weighted by molar-refractivity contribution is 7.99. The molecule has 2 aliphatic carbocycles. The predicted molar refractivity (Wildman–Crippen MR) is 103 cm³/mol. The Balaban J connectivity index is 1.59. The van der Waals surface area contributed by atoms with E-state index in [4.69, 9.17) is 4.98 Å². The number of nitrogens with one attached hydrogen (secondary N) is 1. The van der Waals surface area contributed by atoms with E-state index in [-0.39, 0.29) is 11.5 Å². The minimum absolute atomic E-state index is 0.0272. The molecule has 0 spiro atoms. The molecular weight excluding hydrogens is 354 g/mol. The summed E-state index contributed by atoms with van der Waals surface area (Å²) < 4.78 is 1.72. The van der Waals surface area contributed by atoms with Crippen molar-refractivity contribution in [3.05, 3.63) is 20.8 Å². The van der Waals surface area contributed by atoms with Gasteiger partial charge in [-0.2, -0.15) is 0 Å². The van der Waals surface area contributed by atoms with E-state index in [1.165, 1.54) is 41.5 Å². The van der Waals surface area contributed by atoms with Gasteiger partial charge in [-0.15, -0.1) is 11.3 Å². The number of nitrogens with zero attached hydrogens (tertiary/aromatic N) is 2. The van der Waals surface area contributed by atoms with E-state index in [9.17, 15) is 9.59 Å². The fraction of sp³-hybridized carbons (Fsp3) is 0.611. The Morgan fingerprint density at radius 2 is 2.16 bits per heavy atom. The Labute approximate surface area is 155 Å². The van der Waals surface area contributed by atoms with Gasteiger partial charge in [-0.3, -0.25) is 14.2 Å². The molecule has 0 bridgehead atoms. The number of hydrogen-bond donors (Lipinski definition) is 1. The van der Waals surface area contributed by atoms with Crippen LogP contribution in [0.3, 0.4) is 0 Å². The summed E-state index contributed by atoms with van der Waals surface area (Å²) in [6.45, 7) is 3.33. The number of thioether (sulfide) groups is 1. The van der Waals surface area contributed by atoms with Crippen molar-refractivity contribution in [2.45, 2.75) is 57.1 Å². The van der Waals surface area contributed by atoms with Gasteiger partial charge >= 0.3 is 0 Å². The van der Waals surface area contributed by atoms with Gasteiger partial charge in [-0.1, -0.05) is 11.8 Å². The highest BCUT2D eigenvalue weighted by Crippen LogP contribution is 2.34. The van der Waals surface area contributed by atoms with Crippen molar-refractivity contribution < 1.29 is 4.79 Å². The van der Waals surface area contributed by atoms with Crippen LogP contribution in [0.25, 0.3) is 10.2 Å². The average Bonchev–Trinajstić information content (AvgIpc) is 3.37. The summed E-state index contributed by atoms with van der Waals surface area (Å²) in [4.78, 5) is 31.9. The van der Waals surface area contributed by atoms with Crippen molar-refractivity contribution in [3.8, 4) is 0 Å². The van der Waals surface area contributed by atoms with E-state index >= 15 is 0 Å². The molecule has 134 valence electrons. The van der Waals surface area contributed by atoms with Crippen LogP contribution in [0.5, 0.6) is 0 Å². The van der Waals surface area contributed by atoms with Gasteiger partial charge in [0, 0.05) is 18.0 Å². The SMILES string of the molecule is CCn1c(SCC(=O)NCC2CC2)nc2sc3c(c2c1=O)CCCC3. The molecule has 0 saturated heterocycles. The Bertz CT molecular complexity index is 867. The van der Waals surface area contributed by atoms with Crippen molar-refractivity contribution in [1.82, 2.24) is 14.9 Å². The number of carbonyl (C=O) groups is 1. The molecule has 2 aromatic rings. The summed E-state index contributed by atoms with van der Waals surface area (Å²) in [5.74, 6) is 1.02. The van der Waals surface area contributed by atoms with Crippen molar-refractivity contribution >= 4 is 39.2 Å². The molecule has 2 aromatic heterocycles. The average molecular weight is 378 g/mol. The molecule has 2 heterocycles. The van der Waals surface area contributed by atoms with E-state index < -0.39 is 0 Å². The summed E-state index contributed by atoms with van der Waals surface area (Å²) in [7, 11) is 0. The second-order valence-electron chi connectivity index (χ2n) is 6.87. The van der Waals surface area contributed by atoms with Crippen molar-refractivity contribution in [3.63, 3.8) is 0 Å². The van der Waals surface area contributed by atoms with Crippen molar-refractivity contribution in [2.24, 2.45) is 5.92 Å². The van der Waals surface area contributed by atoms with Crippen LogP contribution in [-0.2, 0) is 24.2 Å². The molecule has 0 atom stereocenters. The lowest BCUT2D eigenvalue weighted by molar-refractivity contribution is -0.118. The number of rotatable bonds is 6. The molecule has 0 unspecified atom stereocenters. The maximum atomic E-state index is 13.0. The maximum absolute atomic E-state index is 13.0. The van der Waals surface area contributed by atoms with Crippen LogP contribution in [0.2, 0.25) is 0 Å². The normalized spacial score (nSPS) is 16.8. The number of thiophene rings is 1. The van der Waals surface area contributed by atoms with Gasteiger partial charge in [0.25, 0.3) is 5.56 Å². The molecule has 0 aliphatic heterocycles. The molecular formula is C18H23N3O2S2. The largest absolute Gasteiger partial charge is 0.355 e. The number of amides is 1. The molecule has 0 radical (unpaired) electrons. The fourth-order valence-corrected chi connectivity index (χ4v) is 5.57. The highest BCUT2D eigenvalue weighted by Gasteiger charge is 2.23. The second kappa shape index (κ2) is 7.11. The van der Waals surface area contributed by atoms with Crippen LogP contribution in [0.4, 0.5) is 0 Å². The highest BCUT2D eigenvalue weighted by atomic mass is 32.2. The third-order valence-electron chi connectivity index (χ3n) is 4.97. The molecule has 25 heavy (non-hydrogen) atoms. The van der Waals surface area contributed by atoms with Crippen LogP contribution >= 0.6 is 23.1 Å². The molecule has 7 heteroatoms. The number of carbonyl (C=O) groups excluding carboxylic acids is 1. The smallest absolute Gasteiger partial charge is 0.263 e. The predicted octanol–water partition coefficient (Wildman–Crippen LogP) is 2.98. The lowest BCUT2D eigenvalue weighted by atomic mass is 9.97. The fourth-order valence-electron chi connectivity index (χ4n) is 3.37. The first kappa shape index (κ1) is 17.1. The molecule has 4 rings (SSSR count). The minimum atomic E-state index is 0.0272. The Hall–Kier alpha value is -1.34. The van der Waals surface area contributed by atoms with Gasteiger partial charge in [-0.25, -0.2) is 4.98 Å². The van der Waals surface area contributed by atoms with Crippen LogP contribution in [0.15, 0.2) is 9.95 Å². The number of aromatic nitrogens is 2. The molecule has 1 saturated carbocycles. The van der Waals surface area contributed by atoms with Crippen molar-refractivity contribution in [1.29, 1.82) is 0 Å². The van der Waals surface area contributed by atoms with E-state index in [1.54, 1.807) is 15.9 Å². The number of aryl methyl sites for hydroxylation is 2. The second-order valence-corrected chi connectivity index (χ2v) is 8.90. The van der Waals surface area contributed by atoms with Gasteiger partial charge in [0.05, 0.1) is 11.1 Å². The van der Waals surface area contributed by atoms with Gasteiger partial charge in [-0.05, 0) is 56.9 Å². The van der Waals surface area contributed by atoms with E-state index in [0.717, 1.165) is 36.0 Å². The topological polar surface area (TPSA) is 64.0 Å². The van der Waals surface area contributed by atoms with Gasteiger partial charge in [0.1, 0.15) is 4.83 Å². The molecule has 0 aromatic carbocycles. The lowest BCUT2D eigenvalue weighted by Gasteiger charge is -2.12. The summed E-state index contributed by atoms with van der Waals surface area (Å²) in [5, 5.41) is 4.46. The van der Waals surface area contributed by atoms with Crippen molar-refractivity contribution in [2.75, 3.05) is 12.3 Å². The minimum Gasteiger partial charge on any atom is -0.355 e. The first-order valence-corrected chi connectivity index (χ1v) is 10.9. The Morgan fingerprint density at radius 3 is 2.92 bits per heavy atom. The zero-order valence-electron chi connectivity index (χ0n) is 14.5. The van der Waals surface area contributed by atoms with Gasteiger partial charge in [0.15, 0.2) is 5.16 Å². The van der Waals surface area contributed by atoms with Gasteiger partial charge in [0.2, 0.25) is 5.91 Å². The lowest BCUT2D eigenvalue weighted by Crippen LogP contribution is -2.28. The van der Waals surface area contributed by atoms with E-state index in [0.29, 0.717) is 23.4 Å². The monoisotopic (exact) mass is 377 g/mol. The standard InChI is InChI=1S/C18H23N3O2S2/c1-2-21-17(23)15-12-5-3-4-6-13(12)25-16(15)20-18(21)24-10-14(22)19-9-11-7-8-11/h11H,2-10H2,1H3,(H,19,22). The molecule has 5 nitrogen and oxygen atoms in total. The zero-order valence-corrected chi connectivity index (χ0v) is 16.1. The summed E-state index contributed by atoms with van der Waals surface area (Å²) in [5.41, 5.74) is 1.29. The first-order chi connectivity index (χ1) is 12.2. The molecule has 2 aliphatic rings. The van der Waals surface area contributed by atoms with E-state index in [1.807, 2.05) is 6.92 Å². The quantitative estimate of drug-likeness (QED) is 0.621. The summed E-state index contributed by atoms with van der Waals surface area (Å²) in [6, 6.07) is 0. The maximum Gasteiger partial charge on any atom is 0.263 e. The zero-order chi connectivity index (χ0) is 17.4. The molecule has 1 N–H and O–H groups in total. The van der Waals surface area contributed by atoms with Crippen LogP contribution in [0, 0.1) is 5.92 Å². The molecule has 1 amide bonds.